The van der Waals surface area contributed by atoms with Crippen LogP contribution in [0.1, 0.15) is 12.8 Å². The summed E-state index contributed by atoms with van der Waals surface area (Å²) < 4.78 is 0. The van der Waals surface area contributed by atoms with Gasteiger partial charge in [0.05, 0.1) is 6.04 Å². The molecule has 0 radical (unpaired) electrons. The summed E-state index contributed by atoms with van der Waals surface area (Å²) in [7, 11) is 0. The molecule has 62 valence electrons. The van der Waals surface area contributed by atoms with E-state index in [1.54, 1.807) is 4.90 Å². The zero-order chi connectivity index (χ0) is 7.84. The number of likely N-dealkylation sites (tertiary alicyclic amines) is 1. The Hall–Kier alpha value is -0.770. The predicted octanol–water partition coefficient (Wildman–Crippen LogP) is 0.101. The zero-order valence-electron chi connectivity index (χ0n) is 6.29. The molecule has 2 saturated heterocycles. The molecule has 2 atom stereocenters. The molecule has 2 aliphatic heterocycles. The van der Waals surface area contributed by atoms with Crippen molar-refractivity contribution in [2.24, 2.45) is 0 Å². The summed E-state index contributed by atoms with van der Waals surface area (Å²) >= 11 is 0. The Morgan fingerprint density at radius 2 is 2.36 bits per heavy atom. The first-order valence-corrected chi connectivity index (χ1v) is 4.02. The van der Waals surface area contributed by atoms with Gasteiger partial charge in [0.25, 0.3) is 0 Å². The lowest BCUT2D eigenvalue weighted by Gasteiger charge is -2.19. The molecule has 0 aromatic carbocycles. The van der Waals surface area contributed by atoms with Gasteiger partial charge in [-0.05, 0) is 19.4 Å². The van der Waals surface area contributed by atoms with Crippen LogP contribution in [0, 0.1) is 0 Å². The lowest BCUT2D eigenvalue weighted by atomic mass is 10.1. The van der Waals surface area contributed by atoms with E-state index in [0.717, 1.165) is 19.4 Å². The number of hydrogen-bond donors (Lipinski definition) is 2. The maximum atomic E-state index is 10.6. The summed E-state index contributed by atoms with van der Waals surface area (Å²) in [6.07, 6.45) is 1.20. The third kappa shape index (κ3) is 0.976. The Kier molecular flexibility index (Phi) is 1.49. The molecule has 0 spiro atoms. The molecule has 0 aromatic rings. The van der Waals surface area contributed by atoms with Crippen molar-refractivity contribution < 1.29 is 9.90 Å². The molecule has 4 heteroatoms. The summed E-state index contributed by atoms with van der Waals surface area (Å²) in [6, 6.07) is 0.693. The Balaban J connectivity index is 2.08. The van der Waals surface area contributed by atoms with E-state index in [0.29, 0.717) is 12.6 Å². The summed E-state index contributed by atoms with van der Waals surface area (Å²) in [5, 5.41) is 12.1. The largest absolute Gasteiger partial charge is 0.465 e. The normalized spacial score (nSPS) is 35.8. The average molecular weight is 156 g/mol. The molecule has 2 heterocycles. The number of hydrogen-bond acceptors (Lipinski definition) is 2. The van der Waals surface area contributed by atoms with E-state index in [1.165, 1.54) is 0 Å². The van der Waals surface area contributed by atoms with Crippen molar-refractivity contribution >= 4 is 6.09 Å². The molecule has 2 N–H and O–H groups in total. The second kappa shape index (κ2) is 2.37. The molecule has 1 amide bonds. The third-order valence-corrected chi connectivity index (χ3v) is 2.64. The topological polar surface area (TPSA) is 52.6 Å². The summed E-state index contributed by atoms with van der Waals surface area (Å²) in [5.41, 5.74) is 0. The number of rotatable bonds is 0. The summed E-state index contributed by atoms with van der Waals surface area (Å²) in [5.74, 6) is 0. The Morgan fingerprint density at radius 3 is 3.09 bits per heavy atom. The van der Waals surface area contributed by atoms with Gasteiger partial charge in [-0.15, -0.1) is 0 Å². The molecule has 11 heavy (non-hydrogen) atoms. The van der Waals surface area contributed by atoms with Gasteiger partial charge in [-0.1, -0.05) is 0 Å². The van der Waals surface area contributed by atoms with Crippen molar-refractivity contribution in [2.45, 2.75) is 24.9 Å². The van der Waals surface area contributed by atoms with Crippen molar-refractivity contribution in [3.8, 4) is 0 Å². The van der Waals surface area contributed by atoms with E-state index in [4.69, 9.17) is 5.11 Å². The van der Waals surface area contributed by atoms with E-state index < -0.39 is 6.09 Å². The van der Waals surface area contributed by atoms with Gasteiger partial charge in [-0.3, -0.25) is 0 Å². The highest BCUT2D eigenvalue weighted by atomic mass is 16.4. The van der Waals surface area contributed by atoms with Crippen LogP contribution in [-0.2, 0) is 0 Å². The Morgan fingerprint density at radius 1 is 1.55 bits per heavy atom. The molecule has 0 bridgehead atoms. The molecule has 2 aliphatic rings. The van der Waals surface area contributed by atoms with Gasteiger partial charge in [0, 0.05) is 12.6 Å². The molecular weight excluding hydrogens is 144 g/mol. The minimum Gasteiger partial charge on any atom is -0.465 e. The number of carbonyl (C=O) groups is 1. The lowest BCUT2D eigenvalue weighted by molar-refractivity contribution is 0.140. The van der Waals surface area contributed by atoms with E-state index in [2.05, 4.69) is 5.32 Å². The first-order valence-electron chi connectivity index (χ1n) is 4.02. The Labute approximate surface area is 65.2 Å². The minimum atomic E-state index is -0.763. The monoisotopic (exact) mass is 156 g/mol. The van der Waals surface area contributed by atoms with Crippen LogP contribution < -0.4 is 5.32 Å². The third-order valence-electron chi connectivity index (χ3n) is 2.64. The van der Waals surface area contributed by atoms with E-state index >= 15 is 0 Å². The smallest absolute Gasteiger partial charge is 0.407 e. The maximum Gasteiger partial charge on any atom is 0.407 e. The predicted molar refractivity (Wildman–Crippen MR) is 39.5 cm³/mol. The summed E-state index contributed by atoms with van der Waals surface area (Å²) in [4.78, 5) is 12.2. The molecule has 2 rings (SSSR count). The Bertz CT molecular complexity index is 183. The van der Waals surface area contributed by atoms with Crippen molar-refractivity contribution in [1.82, 2.24) is 10.2 Å². The van der Waals surface area contributed by atoms with Crippen LogP contribution in [0.4, 0.5) is 4.79 Å². The SMILES string of the molecule is O=C(O)N1CCC2NCCC21. The molecule has 4 nitrogen and oxygen atoms in total. The van der Waals surface area contributed by atoms with Gasteiger partial charge in [0.1, 0.15) is 0 Å². The number of amides is 1. The van der Waals surface area contributed by atoms with Crippen LogP contribution in [0.15, 0.2) is 0 Å². The van der Waals surface area contributed by atoms with Crippen molar-refractivity contribution in [1.29, 1.82) is 0 Å². The summed E-state index contributed by atoms with van der Waals surface area (Å²) in [6.45, 7) is 1.68. The quantitative estimate of drug-likeness (QED) is 0.523. The van der Waals surface area contributed by atoms with Crippen molar-refractivity contribution in [3.05, 3.63) is 0 Å². The van der Waals surface area contributed by atoms with Gasteiger partial charge < -0.3 is 15.3 Å². The fourth-order valence-corrected chi connectivity index (χ4v) is 2.10. The van der Waals surface area contributed by atoms with E-state index in [1.807, 2.05) is 0 Å². The van der Waals surface area contributed by atoms with Crippen LogP contribution in [0.25, 0.3) is 0 Å². The molecule has 0 saturated carbocycles. The zero-order valence-corrected chi connectivity index (χ0v) is 6.29. The van der Waals surface area contributed by atoms with Gasteiger partial charge >= 0.3 is 6.09 Å². The number of fused-ring (bicyclic) bond motifs is 1. The fourth-order valence-electron chi connectivity index (χ4n) is 2.10. The molecule has 2 unspecified atom stereocenters. The highest BCUT2D eigenvalue weighted by Crippen LogP contribution is 2.24. The van der Waals surface area contributed by atoms with E-state index in [-0.39, 0.29) is 6.04 Å². The highest BCUT2D eigenvalue weighted by Gasteiger charge is 2.39. The maximum absolute atomic E-state index is 10.6. The van der Waals surface area contributed by atoms with Crippen LogP contribution in [0.3, 0.4) is 0 Å². The van der Waals surface area contributed by atoms with Gasteiger partial charge in [-0.2, -0.15) is 0 Å². The van der Waals surface area contributed by atoms with Crippen LogP contribution in [0.5, 0.6) is 0 Å². The molecular formula is C7H12N2O2. The second-order valence-electron chi connectivity index (χ2n) is 3.18. The fraction of sp³-hybridized carbons (Fsp3) is 0.857. The lowest BCUT2D eigenvalue weighted by Crippen LogP contribution is -2.37. The standard InChI is InChI=1S/C7H12N2O2/c10-7(11)9-4-2-5-6(9)1-3-8-5/h5-6,8H,1-4H2,(H,10,11). The van der Waals surface area contributed by atoms with Gasteiger partial charge in [-0.25, -0.2) is 4.79 Å². The molecule has 0 aliphatic carbocycles. The molecule has 0 aromatic heterocycles. The average Bonchev–Trinajstić information content (AvgIpc) is 2.41. The highest BCUT2D eigenvalue weighted by molar-refractivity contribution is 5.66. The first-order chi connectivity index (χ1) is 5.29. The van der Waals surface area contributed by atoms with E-state index in [9.17, 15) is 4.79 Å². The van der Waals surface area contributed by atoms with Crippen LogP contribution >= 0.6 is 0 Å². The van der Waals surface area contributed by atoms with Gasteiger partial charge in [0.15, 0.2) is 0 Å². The molecule has 2 fully saturated rings. The first kappa shape index (κ1) is 6.91. The van der Waals surface area contributed by atoms with Crippen molar-refractivity contribution in [2.75, 3.05) is 13.1 Å². The second-order valence-corrected chi connectivity index (χ2v) is 3.18. The number of carboxylic acid groups (broad SMARTS) is 1. The number of nitrogens with one attached hydrogen (secondary N) is 1. The van der Waals surface area contributed by atoms with Crippen LogP contribution in [-0.4, -0.2) is 41.3 Å². The minimum absolute atomic E-state index is 0.257. The van der Waals surface area contributed by atoms with Gasteiger partial charge in [0.2, 0.25) is 0 Å². The van der Waals surface area contributed by atoms with Crippen molar-refractivity contribution in [3.63, 3.8) is 0 Å². The number of nitrogens with zero attached hydrogens (tertiary/aromatic N) is 1. The van der Waals surface area contributed by atoms with Crippen LogP contribution in [0.2, 0.25) is 0 Å².